The molecular weight excluding hydrogens is 320 g/mol. The van der Waals surface area contributed by atoms with Gasteiger partial charge < -0.3 is 20.1 Å². The summed E-state index contributed by atoms with van der Waals surface area (Å²) in [6.45, 7) is 3.18. The third-order valence-electron chi connectivity index (χ3n) is 2.89. The number of methoxy groups -OCH3 is 2. The van der Waals surface area contributed by atoms with Crippen molar-refractivity contribution >= 4 is 16.0 Å². The highest BCUT2D eigenvalue weighted by atomic mass is 32.2. The van der Waals surface area contributed by atoms with E-state index < -0.39 is 10.0 Å². The summed E-state index contributed by atoms with van der Waals surface area (Å²) in [6, 6.07) is 5.54. The van der Waals surface area contributed by atoms with Crippen molar-refractivity contribution in [3.05, 3.63) is 23.8 Å². The van der Waals surface area contributed by atoms with Crippen LogP contribution in [0.2, 0.25) is 0 Å². The molecule has 1 aromatic rings. The van der Waals surface area contributed by atoms with Gasteiger partial charge in [-0.05, 0) is 24.6 Å². The van der Waals surface area contributed by atoms with Gasteiger partial charge in [0.05, 0.1) is 26.5 Å². The summed E-state index contributed by atoms with van der Waals surface area (Å²) in [5, 5.41) is 10.9. The Labute approximate surface area is 137 Å². The average Bonchev–Trinajstić information content (AvgIpc) is 2.51. The molecule has 23 heavy (non-hydrogen) atoms. The lowest BCUT2D eigenvalue weighted by Gasteiger charge is -2.11. The molecule has 4 N–H and O–H groups in total. The van der Waals surface area contributed by atoms with Gasteiger partial charge in [-0.3, -0.25) is 0 Å². The van der Waals surface area contributed by atoms with Crippen LogP contribution in [-0.2, 0) is 16.6 Å². The molecular formula is C14H24N4O4S. The molecule has 130 valence electrons. The Morgan fingerprint density at radius 2 is 1.91 bits per heavy atom. The molecule has 0 spiro atoms. The minimum atomic E-state index is -3.49. The molecule has 0 amide bonds. The molecule has 0 bridgehead atoms. The van der Waals surface area contributed by atoms with Gasteiger partial charge in [0.1, 0.15) is 0 Å². The minimum absolute atomic E-state index is 0.159. The number of guanidine groups is 1. The van der Waals surface area contributed by atoms with Crippen molar-refractivity contribution in [1.29, 1.82) is 0 Å². The van der Waals surface area contributed by atoms with Crippen molar-refractivity contribution in [1.82, 2.24) is 10.6 Å². The second-order valence-electron chi connectivity index (χ2n) is 4.68. The Kier molecular flexibility index (Phi) is 7.63. The topological polar surface area (TPSA) is 115 Å². The highest BCUT2D eigenvalue weighted by molar-refractivity contribution is 7.89. The molecule has 9 heteroatoms. The summed E-state index contributed by atoms with van der Waals surface area (Å²) in [4.78, 5) is 4.40. The zero-order valence-corrected chi connectivity index (χ0v) is 14.4. The normalized spacial score (nSPS) is 11.9. The summed E-state index contributed by atoms with van der Waals surface area (Å²) in [5.41, 5.74) is 0.936. The van der Waals surface area contributed by atoms with Crippen LogP contribution in [0.5, 0.6) is 11.5 Å². The maximum atomic E-state index is 10.9. The number of aliphatic imine (C=N–C) groups is 1. The lowest BCUT2D eigenvalue weighted by atomic mass is 10.2. The molecule has 0 aliphatic carbocycles. The first-order valence-electron chi connectivity index (χ1n) is 7.13. The summed E-state index contributed by atoms with van der Waals surface area (Å²) < 4.78 is 32.3. The van der Waals surface area contributed by atoms with Gasteiger partial charge in [0.2, 0.25) is 10.0 Å². The molecule has 0 fully saturated rings. The standard InChI is InChI=1S/C14H24N4O4S/c1-4-16-14(17-7-8-23(15,19)20)18-10-11-5-6-12(21-2)13(9-11)22-3/h5-6,9H,4,7-8,10H2,1-3H3,(H2,15,19,20)(H2,16,17,18). The van der Waals surface area contributed by atoms with E-state index in [1.54, 1.807) is 14.2 Å². The van der Waals surface area contributed by atoms with E-state index in [1.165, 1.54) is 0 Å². The van der Waals surface area contributed by atoms with Crippen LogP contribution in [0.15, 0.2) is 23.2 Å². The molecule has 0 saturated heterocycles. The molecule has 0 saturated carbocycles. The fourth-order valence-corrected chi connectivity index (χ4v) is 2.19. The van der Waals surface area contributed by atoms with E-state index in [0.717, 1.165) is 5.56 Å². The van der Waals surface area contributed by atoms with E-state index in [9.17, 15) is 8.42 Å². The van der Waals surface area contributed by atoms with Crippen molar-refractivity contribution < 1.29 is 17.9 Å². The van der Waals surface area contributed by atoms with Crippen LogP contribution in [0.4, 0.5) is 0 Å². The molecule has 0 aliphatic rings. The lowest BCUT2D eigenvalue weighted by Crippen LogP contribution is -2.40. The fraction of sp³-hybridized carbons (Fsp3) is 0.500. The Bertz CT molecular complexity index is 632. The SMILES string of the molecule is CCNC(=NCc1ccc(OC)c(OC)c1)NCCS(N)(=O)=O. The second-order valence-corrected chi connectivity index (χ2v) is 6.41. The third kappa shape index (κ3) is 7.20. The molecule has 0 atom stereocenters. The first-order valence-corrected chi connectivity index (χ1v) is 8.84. The molecule has 8 nitrogen and oxygen atoms in total. The van der Waals surface area contributed by atoms with E-state index in [0.29, 0.717) is 30.5 Å². The molecule has 0 heterocycles. The van der Waals surface area contributed by atoms with Crippen LogP contribution in [0.25, 0.3) is 0 Å². The van der Waals surface area contributed by atoms with Crippen molar-refractivity contribution in [2.24, 2.45) is 10.1 Å². The smallest absolute Gasteiger partial charge is 0.210 e. The summed E-state index contributed by atoms with van der Waals surface area (Å²) in [7, 11) is -0.343. The van der Waals surface area contributed by atoms with Crippen molar-refractivity contribution in [2.45, 2.75) is 13.5 Å². The predicted molar refractivity (Wildman–Crippen MR) is 90.3 cm³/mol. The first kappa shape index (κ1) is 19.0. The van der Waals surface area contributed by atoms with Gasteiger partial charge >= 0.3 is 0 Å². The van der Waals surface area contributed by atoms with E-state index in [4.69, 9.17) is 14.6 Å². The van der Waals surface area contributed by atoms with Crippen molar-refractivity contribution in [3.8, 4) is 11.5 Å². The zero-order chi connectivity index (χ0) is 17.3. The lowest BCUT2D eigenvalue weighted by molar-refractivity contribution is 0.354. The van der Waals surface area contributed by atoms with E-state index in [1.807, 2.05) is 25.1 Å². The number of nitrogens with one attached hydrogen (secondary N) is 2. The maximum absolute atomic E-state index is 10.9. The van der Waals surface area contributed by atoms with Gasteiger partial charge in [-0.1, -0.05) is 6.07 Å². The Balaban J connectivity index is 2.73. The van der Waals surface area contributed by atoms with E-state index in [2.05, 4.69) is 15.6 Å². The highest BCUT2D eigenvalue weighted by Crippen LogP contribution is 2.27. The van der Waals surface area contributed by atoms with Crippen LogP contribution in [0.1, 0.15) is 12.5 Å². The number of sulfonamides is 1. The van der Waals surface area contributed by atoms with Gasteiger partial charge in [-0.15, -0.1) is 0 Å². The summed E-state index contributed by atoms with van der Waals surface area (Å²) >= 11 is 0. The predicted octanol–water partition coefficient (Wildman–Crippen LogP) is 0.0474. The number of rotatable bonds is 8. The number of ether oxygens (including phenoxy) is 2. The Morgan fingerprint density at radius 3 is 2.48 bits per heavy atom. The quantitative estimate of drug-likeness (QED) is 0.453. The van der Waals surface area contributed by atoms with Crippen LogP contribution >= 0.6 is 0 Å². The Morgan fingerprint density at radius 1 is 1.22 bits per heavy atom. The number of hydrogen-bond acceptors (Lipinski definition) is 5. The molecule has 0 unspecified atom stereocenters. The van der Waals surface area contributed by atoms with E-state index in [-0.39, 0.29) is 12.3 Å². The van der Waals surface area contributed by atoms with Crippen molar-refractivity contribution in [3.63, 3.8) is 0 Å². The third-order valence-corrected chi connectivity index (χ3v) is 3.66. The molecule has 0 aliphatic heterocycles. The van der Waals surface area contributed by atoms with Gasteiger partial charge in [-0.25, -0.2) is 18.5 Å². The van der Waals surface area contributed by atoms with Gasteiger partial charge in [-0.2, -0.15) is 0 Å². The van der Waals surface area contributed by atoms with Crippen LogP contribution < -0.4 is 25.2 Å². The summed E-state index contributed by atoms with van der Waals surface area (Å²) in [6.07, 6.45) is 0. The summed E-state index contributed by atoms with van der Waals surface area (Å²) in [5.74, 6) is 1.64. The molecule has 0 aromatic heterocycles. The van der Waals surface area contributed by atoms with Crippen LogP contribution in [-0.4, -0.2) is 47.4 Å². The number of nitrogens with zero attached hydrogens (tertiary/aromatic N) is 1. The second kappa shape index (κ2) is 9.21. The van der Waals surface area contributed by atoms with Gasteiger partial charge in [0, 0.05) is 13.1 Å². The number of nitrogens with two attached hydrogens (primary N) is 1. The molecule has 1 aromatic carbocycles. The minimum Gasteiger partial charge on any atom is -0.493 e. The zero-order valence-electron chi connectivity index (χ0n) is 13.6. The molecule has 0 radical (unpaired) electrons. The highest BCUT2D eigenvalue weighted by Gasteiger charge is 2.06. The number of benzene rings is 1. The van der Waals surface area contributed by atoms with Gasteiger partial charge in [0.25, 0.3) is 0 Å². The van der Waals surface area contributed by atoms with Crippen molar-refractivity contribution in [2.75, 3.05) is 33.1 Å². The molecule has 1 rings (SSSR count). The van der Waals surface area contributed by atoms with E-state index >= 15 is 0 Å². The number of primary sulfonamides is 1. The van der Waals surface area contributed by atoms with Crippen LogP contribution in [0.3, 0.4) is 0 Å². The fourth-order valence-electron chi connectivity index (χ4n) is 1.80. The number of hydrogen-bond donors (Lipinski definition) is 3. The Hall–Kier alpha value is -2.00. The largest absolute Gasteiger partial charge is 0.493 e. The monoisotopic (exact) mass is 344 g/mol. The van der Waals surface area contributed by atoms with Gasteiger partial charge in [0.15, 0.2) is 17.5 Å². The average molecular weight is 344 g/mol. The maximum Gasteiger partial charge on any atom is 0.210 e. The first-order chi connectivity index (χ1) is 10.9. The van der Waals surface area contributed by atoms with Crippen LogP contribution in [0, 0.1) is 0 Å².